The van der Waals surface area contributed by atoms with Crippen LogP contribution in [0.15, 0.2) is 12.1 Å². The van der Waals surface area contributed by atoms with E-state index in [9.17, 15) is 14.0 Å². The first-order valence-electron chi connectivity index (χ1n) is 6.83. The molecule has 0 saturated carbocycles. The molecule has 1 heterocycles. The molecule has 2 rings (SSSR count). The van der Waals surface area contributed by atoms with Gasteiger partial charge in [0.1, 0.15) is 5.82 Å². The fraction of sp³-hybridized carbons (Fsp3) is 0.467. The molecule has 1 aliphatic heterocycles. The van der Waals surface area contributed by atoms with Gasteiger partial charge in [0.15, 0.2) is 0 Å². The number of hydrogen-bond donors (Lipinski definition) is 1. The quantitative estimate of drug-likeness (QED) is 0.641. The van der Waals surface area contributed by atoms with Gasteiger partial charge in [0.25, 0.3) is 11.7 Å². The third-order valence-electron chi connectivity index (χ3n) is 3.45. The van der Waals surface area contributed by atoms with Gasteiger partial charge in [0.2, 0.25) is 0 Å². The zero-order valence-electron chi connectivity index (χ0n) is 11.5. The number of carbonyl (C=O) groups is 2. The van der Waals surface area contributed by atoms with E-state index in [4.69, 9.17) is 5.11 Å². The second kappa shape index (κ2) is 6.13. The largest absolute Gasteiger partial charge is 0.396 e. The molecule has 0 saturated heterocycles. The average Bonchev–Trinajstić information content (AvgIpc) is 2.64. The van der Waals surface area contributed by atoms with Crippen LogP contribution in [0.1, 0.15) is 41.6 Å². The Labute approximate surface area is 117 Å². The highest BCUT2D eigenvalue weighted by Gasteiger charge is 2.37. The van der Waals surface area contributed by atoms with Gasteiger partial charge in [-0.3, -0.25) is 9.59 Å². The summed E-state index contributed by atoms with van der Waals surface area (Å²) in [4.78, 5) is 25.0. The number of Topliss-reactive ketones (excluding diaryl/α,β-unsaturated/α-hetero) is 1. The van der Waals surface area contributed by atoms with Gasteiger partial charge in [0.05, 0.1) is 11.3 Å². The van der Waals surface area contributed by atoms with E-state index in [1.54, 1.807) is 13.0 Å². The fourth-order valence-electron chi connectivity index (χ4n) is 2.47. The molecule has 0 aliphatic carbocycles. The second-order valence-corrected chi connectivity index (χ2v) is 5.07. The Balaban J connectivity index is 2.12. The maximum absolute atomic E-state index is 14.0. The van der Waals surface area contributed by atoms with Crippen LogP contribution in [0.25, 0.3) is 0 Å². The maximum Gasteiger partial charge on any atom is 0.299 e. The number of rotatable bonds is 6. The molecule has 1 aromatic rings. The summed E-state index contributed by atoms with van der Waals surface area (Å²) in [7, 11) is 0. The molecule has 0 spiro atoms. The van der Waals surface area contributed by atoms with E-state index >= 15 is 0 Å². The van der Waals surface area contributed by atoms with Crippen LogP contribution in [0.5, 0.6) is 0 Å². The smallest absolute Gasteiger partial charge is 0.299 e. The van der Waals surface area contributed by atoms with Gasteiger partial charge in [-0.2, -0.15) is 0 Å². The van der Waals surface area contributed by atoms with Gasteiger partial charge < -0.3 is 10.0 Å². The monoisotopic (exact) mass is 279 g/mol. The van der Waals surface area contributed by atoms with Crippen LogP contribution in [-0.4, -0.2) is 29.9 Å². The number of anilines is 1. The van der Waals surface area contributed by atoms with Crippen molar-refractivity contribution in [2.75, 3.05) is 18.1 Å². The number of aryl methyl sites for hydroxylation is 1. The van der Waals surface area contributed by atoms with Gasteiger partial charge in [-0.1, -0.05) is 12.8 Å². The first-order valence-corrected chi connectivity index (χ1v) is 6.83. The summed E-state index contributed by atoms with van der Waals surface area (Å²) in [6, 6.07) is 2.90. The Hall–Kier alpha value is -1.75. The van der Waals surface area contributed by atoms with Crippen molar-refractivity contribution in [1.29, 1.82) is 0 Å². The summed E-state index contributed by atoms with van der Waals surface area (Å²) in [6.07, 6.45) is 3.10. The maximum atomic E-state index is 14.0. The lowest BCUT2D eigenvalue weighted by molar-refractivity contribution is -0.114. The van der Waals surface area contributed by atoms with E-state index in [0.717, 1.165) is 19.3 Å². The Kier molecular flexibility index (Phi) is 4.49. The van der Waals surface area contributed by atoms with E-state index in [0.29, 0.717) is 18.5 Å². The van der Waals surface area contributed by atoms with E-state index in [-0.39, 0.29) is 17.9 Å². The standard InChI is InChI=1S/C15H18FNO3/c1-10-8-11-13(12(16)9-10)17(15(20)14(11)19)6-4-2-3-5-7-18/h8-9,18H,2-7H2,1H3. The molecule has 1 amide bonds. The first-order chi connectivity index (χ1) is 9.56. The zero-order valence-corrected chi connectivity index (χ0v) is 11.5. The Morgan fingerprint density at radius 1 is 1.15 bits per heavy atom. The molecule has 1 aliphatic rings. The van der Waals surface area contributed by atoms with Crippen LogP contribution in [0.4, 0.5) is 10.1 Å². The van der Waals surface area contributed by atoms with E-state index in [1.807, 2.05) is 0 Å². The summed E-state index contributed by atoms with van der Waals surface area (Å²) in [5.74, 6) is -1.79. The minimum atomic E-state index is -0.647. The van der Waals surface area contributed by atoms with Crippen molar-refractivity contribution in [1.82, 2.24) is 0 Å². The van der Waals surface area contributed by atoms with Gasteiger partial charge in [0, 0.05) is 13.2 Å². The number of aliphatic hydroxyl groups is 1. The lowest BCUT2D eigenvalue weighted by atomic mass is 10.1. The van der Waals surface area contributed by atoms with Crippen LogP contribution < -0.4 is 4.90 Å². The first kappa shape index (κ1) is 14.7. The lowest BCUT2D eigenvalue weighted by Gasteiger charge is -2.17. The molecule has 0 radical (unpaired) electrons. The summed E-state index contributed by atoms with van der Waals surface area (Å²) >= 11 is 0. The van der Waals surface area contributed by atoms with Crippen molar-refractivity contribution < 1.29 is 19.1 Å². The molecule has 108 valence electrons. The lowest BCUT2D eigenvalue weighted by Crippen LogP contribution is -2.31. The van der Waals surface area contributed by atoms with E-state index < -0.39 is 17.5 Å². The number of fused-ring (bicyclic) bond motifs is 1. The minimum Gasteiger partial charge on any atom is -0.396 e. The van der Waals surface area contributed by atoms with Crippen molar-refractivity contribution >= 4 is 17.4 Å². The third-order valence-corrected chi connectivity index (χ3v) is 3.45. The predicted octanol–water partition coefficient (Wildman–Crippen LogP) is 2.22. The highest BCUT2D eigenvalue weighted by Crippen LogP contribution is 2.33. The summed E-state index contributed by atoms with van der Waals surface area (Å²) < 4.78 is 14.0. The third kappa shape index (κ3) is 2.72. The average molecular weight is 279 g/mol. The highest BCUT2D eigenvalue weighted by atomic mass is 19.1. The minimum absolute atomic E-state index is 0.118. The van der Waals surface area contributed by atoms with Crippen molar-refractivity contribution in [3.8, 4) is 0 Å². The van der Waals surface area contributed by atoms with Gasteiger partial charge in [-0.15, -0.1) is 0 Å². The van der Waals surface area contributed by atoms with Crippen LogP contribution in [-0.2, 0) is 4.79 Å². The molecule has 1 N–H and O–H groups in total. The van der Waals surface area contributed by atoms with Gasteiger partial charge in [-0.25, -0.2) is 4.39 Å². The normalized spacial score (nSPS) is 14.1. The van der Waals surface area contributed by atoms with Gasteiger partial charge in [-0.05, 0) is 37.5 Å². The molecule has 0 unspecified atom stereocenters. The van der Waals surface area contributed by atoms with Crippen molar-refractivity contribution in [3.63, 3.8) is 0 Å². The number of halogens is 1. The number of unbranched alkanes of at least 4 members (excludes halogenated alkanes) is 3. The molecule has 0 aromatic heterocycles. The Morgan fingerprint density at radius 3 is 2.55 bits per heavy atom. The van der Waals surface area contributed by atoms with Crippen LogP contribution in [0, 0.1) is 12.7 Å². The molecule has 0 atom stereocenters. The Morgan fingerprint density at radius 2 is 1.85 bits per heavy atom. The van der Waals surface area contributed by atoms with Gasteiger partial charge >= 0.3 is 0 Å². The topological polar surface area (TPSA) is 57.6 Å². The number of nitrogens with zero attached hydrogens (tertiary/aromatic N) is 1. The van der Waals surface area contributed by atoms with Crippen molar-refractivity contribution in [2.24, 2.45) is 0 Å². The molecule has 1 aromatic carbocycles. The molecular weight excluding hydrogens is 261 g/mol. The predicted molar refractivity (Wildman–Crippen MR) is 73.4 cm³/mol. The summed E-state index contributed by atoms with van der Waals surface area (Å²) in [5, 5.41) is 8.69. The summed E-state index contributed by atoms with van der Waals surface area (Å²) in [6.45, 7) is 2.18. The zero-order chi connectivity index (χ0) is 14.7. The molecule has 20 heavy (non-hydrogen) atoms. The van der Waals surface area contributed by atoms with Crippen molar-refractivity contribution in [2.45, 2.75) is 32.6 Å². The molecular formula is C15H18FNO3. The second-order valence-electron chi connectivity index (χ2n) is 5.07. The Bertz CT molecular complexity index is 542. The number of benzene rings is 1. The number of amides is 1. The number of ketones is 1. The molecule has 0 fully saturated rings. The fourth-order valence-corrected chi connectivity index (χ4v) is 2.47. The van der Waals surface area contributed by atoms with Crippen LogP contribution in [0.2, 0.25) is 0 Å². The molecule has 0 bridgehead atoms. The SMILES string of the molecule is Cc1cc(F)c2c(c1)C(=O)C(=O)N2CCCCCCO. The molecule has 5 heteroatoms. The highest BCUT2D eigenvalue weighted by molar-refractivity contribution is 6.52. The van der Waals surface area contributed by atoms with Crippen LogP contribution >= 0.6 is 0 Å². The van der Waals surface area contributed by atoms with Crippen LogP contribution in [0.3, 0.4) is 0 Å². The van der Waals surface area contributed by atoms with E-state index in [2.05, 4.69) is 0 Å². The number of carbonyl (C=O) groups excluding carboxylic acids is 2. The van der Waals surface area contributed by atoms with E-state index in [1.165, 1.54) is 11.0 Å². The number of aliphatic hydroxyl groups excluding tert-OH is 1. The number of hydrogen-bond acceptors (Lipinski definition) is 3. The molecule has 4 nitrogen and oxygen atoms in total. The summed E-state index contributed by atoms with van der Waals surface area (Å²) in [5.41, 5.74) is 0.919. The van der Waals surface area contributed by atoms with Crippen molar-refractivity contribution in [3.05, 3.63) is 29.1 Å².